The lowest BCUT2D eigenvalue weighted by Crippen LogP contribution is -2.28. The lowest BCUT2D eigenvalue weighted by molar-refractivity contribution is -0.131. The Morgan fingerprint density at radius 1 is 1.32 bits per heavy atom. The number of carbonyl (C=O) groups excluding carboxylic acids is 2. The van der Waals surface area contributed by atoms with E-state index in [-0.39, 0.29) is 18.4 Å². The van der Waals surface area contributed by atoms with Crippen LogP contribution in [0.25, 0.3) is 0 Å². The molecular formula is C13H14F2N2O2. The molecule has 0 aromatic heterocycles. The van der Waals surface area contributed by atoms with Crippen molar-refractivity contribution >= 4 is 17.5 Å². The molecule has 1 aliphatic carbocycles. The number of hydrogen-bond donors (Lipinski definition) is 2. The van der Waals surface area contributed by atoms with E-state index >= 15 is 0 Å². The normalized spacial score (nSPS) is 14.3. The van der Waals surface area contributed by atoms with Crippen molar-refractivity contribution in [2.24, 2.45) is 5.92 Å². The fraction of sp³-hybridized carbons (Fsp3) is 0.385. The van der Waals surface area contributed by atoms with Crippen molar-refractivity contribution in [3.05, 3.63) is 29.8 Å². The first kappa shape index (κ1) is 13.5. The monoisotopic (exact) mass is 268 g/mol. The van der Waals surface area contributed by atoms with Crippen molar-refractivity contribution in [1.82, 2.24) is 5.32 Å². The van der Waals surface area contributed by atoms with Gasteiger partial charge in [-0.15, -0.1) is 0 Å². The quantitative estimate of drug-likeness (QED) is 0.857. The molecule has 1 aromatic rings. The maximum absolute atomic E-state index is 12.0. The van der Waals surface area contributed by atoms with Gasteiger partial charge in [-0.05, 0) is 30.5 Å². The first-order valence-electron chi connectivity index (χ1n) is 6.02. The Labute approximate surface area is 109 Å². The minimum atomic E-state index is -3.02. The summed E-state index contributed by atoms with van der Waals surface area (Å²) in [6, 6.07) is 6.77. The molecule has 102 valence electrons. The molecule has 0 aliphatic heterocycles. The van der Waals surface area contributed by atoms with E-state index in [1.165, 1.54) is 0 Å². The van der Waals surface area contributed by atoms with E-state index in [1.807, 2.05) is 0 Å². The van der Waals surface area contributed by atoms with Crippen molar-refractivity contribution < 1.29 is 18.4 Å². The van der Waals surface area contributed by atoms with E-state index in [1.54, 1.807) is 24.3 Å². The zero-order valence-corrected chi connectivity index (χ0v) is 10.2. The molecule has 2 rings (SSSR count). The molecule has 6 heteroatoms. The Hall–Kier alpha value is -1.98. The topological polar surface area (TPSA) is 58.2 Å². The molecule has 0 saturated heterocycles. The molecule has 1 aliphatic rings. The number of hydrogen-bond acceptors (Lipinski definition) is 2. The SMILES string of the molecule is O=C(NCc1cccc(NC(=O)C2CC2)c1)C(F)F. The van der Waals surface area contributed by atoms with Gasteiger partial charge in [0.2, 0.25) is 5.91 Å². The molecular weight excluding hydrogens is 254 g/mol. The van der Waals surface area contributed by atoms with Gasteiger partial charge in [0.15, 0.2) is 0 Å². The summed E-state index contributed by atoms with van der Waals surface area (Å²) in [6.45, 7) is 0.0102. The van der Waals surface area contributed by atoms with Crippen LogP contribution in [0.2, 0.25) is 0 Å². The summed E-state index contributed by atoms with van der Waals surface area (Å²) in [5.74, 6) is -1.22. The van der Waals surface area contributed by atoms with E-state index in [4.69, 9.17) is 0 Å². The third-order valence-electron chi connectivity index (χ3n) is 2.81. The molecule has 0 heterocycles. The maximum Gasteiger partial charge on any atom is 0.315 e. The first-order valence-corrected chi connectivity index (χ1v) is 6.02. The predicted molar refractivity (Wildman–Crippen MR) is 65.6 cm³/mol. The lowest BCUT2D eigenvalue weighted by Gasteiger charge is -2.08. The Morgan fingerprint density at radius 2 is 2.05 bits per heavy atom. The smallest absolute Gasteiger partial charge is 0.315 e. The summed E-state index contributed by atoms with van der Waals surface area (Å²) in [6.07, 6.45) is -1.19. The summed E-state index contributed by atoms with van der Waals surface area (Å²) in [4.78, 5) is 22.3. The van der Waals surface area contributed by atoms with Crippen LogP contribution in [0.3, 0.4) is 0 Å². The van der Waals surface area contributed by atoms with Gasteiger partial charge in [0.05, 0.1) is 0 Å². The maximum atomic E-state index is 12.0. The zero-order valence-electron chi connectivity index (χ0n) is 10.2. The van der Waals surface area contributed by atoms with Gasteiger partial charge in [0, 0.05) is 18.2 Å². The van der Waals surface area contributed by atoms with E-state index in [2.05, 4.69) is 10.6 Å². The molecule has 0 unspecified atom stereocenters. The van der Waals surface area contributed by atoms with Gasteiger partial charge in [-0.2, -0.15) is 8.78 Å². The van der Waals surface area contributed by atoms with Crippen LogP contribution < -0.4 is 10.6 Å². The number of halogens is 2. The molecule has 0 radical (unpaired) electrons. The average molecular weight is 268 g/mol. The summed E-state index contributed by atoms with van der Waals surface area (Å²) in [7, 11) is 0. The van der Waals surface area contributed by atoms with Crippen LogP contribution in [0.1, 0.15) is 18.4 Å². The van der Waals surface area contributed by atoms with Crippen LogP contribution in [-0.4, -0.2) is 18.2 Å². The molecule has 1 fully saturated rings. The largest absolute Gasteiger partial charge is 0.347 e. The second kappa shape index (κ2) is 5.77. The van der Waals surface area contributed by atoms with Gasteiger partial charge in [-0.25, -0.2) is 0 Å². The Morgan fingerprint density at radius 3 is 2.68 bits per heavy atom. The van der Waals surface area contributed by atoms with Gasteiger partial charge < -0.3 is 10.6 Å². The zero-order chi connectivity index (χ0) is 13.8. The fourth-order valence-corrected chi connectivity index (χ4v) is 1.62. The van der Waals surface area contributed by atoms with Crippen LogP contribution in [0, 0.1) is 5.92 Å². The van der Waals surface area contributed by atoms with Gasteiger partial charge in [0.25, 0.3) is 5.91 Å². The molecule has 0 spiro atoms. The standard InChI is InChI=1S/C13H14F2N2O2/c14-11(15)13(19)16-7-8-2-1-3-10(6-8)17-12(18)9-4-5-9/h1-3,6,9,11H,4-5,7H2,(H,16,19)(H,17,18). The molecule has 0 atom stereocenters. The molecule has 0 bridgehead atoms. The van der Waals surface area contributed by atoms with Crippen LogP contribution in [0.5, 0.6) is 0 Å². The minimum absolute atomic E-state index is 0.0102. The van der Waals surface area contributed by atoms with Gasteiger partial charge >= 0.3 is 6.43 Å². The van der Waals surface area contributed by atoms with E-state index in [0.29, 0.717) is 11.3 Å². The summed E-state index contributed by atoms with van der Waals surface area (Å²) in [5, 5.41) is 4.87. The molecule has 2 amide bonds. The number of amides is 2. The van der Waals surface area contributed by atoms with Crippen molar-refractivity contribution in [3.8, 4) is 0 Å². The molecule has 1 aromatic carbocycles. The molecule has 19 heavy (non-hydrogen) atoms. The highest BCUT2D eigenvalue weighted by molar-refractivity contribution is 5.94. The van der Waals surface area contributed by atoms with Crippen LogP contribution >= 0.6 is 0 Å². The minimum Gasteiger partial charge on any atom is -0.347 e. The van der Waals surface area contributed by atoms with Crippen molar-refractivity contribution in [2.75, 3.05) is 5.32 Å². The van der Waals surface area contributed by atoms with Crippen molar-refractivity contribution in [1.29, 1.82) is 0 Å². The highest BCUT2D eigenvalue weighted by atomic mass is 19.3. The Bertz CT molecular complexity index is 487. The van der Waals surface area contributed by atoms with Crippen LogP contribution in [-0.2, 0) is 16.1 Å². The lowest BCUT2D eigenvalue weighted by atomic mass is 10.2. The molecule has 2 N–H and O–H groups in total. The Kier molecular flexibility index (Phi) is 4.09. The molecule has 1 saturated carbocycles. The first-order chi connectivity index (χ1) is 9.06. The van der Waals surface area contributed by atoms with E-state index in [9.17, 15) is 18.4 Å². The number of alkyl halides is 2. The van der Waals surface area contributed by atoms with Crippen LogP contribution in [0.15, 0.2) is 24.3 Å². The molecule has 4 nitrogen and oxygen atoms in total. The third-order valence-corrected chi connectivity index (χ3v) is 2.81. The van der Waals surface area contributed by atoms with Crippen molar-refractivity contribution in [3.63, 3.8) is 0 Å². The predicted octanol–water partition coefficient (Wildman–Crippen LogP) is 1.92. The second-order valence-corrected chi connectivity index (χ2v) is 4.48. The van der Waals surface area contributed by atoms with Crippen molar-refractivity contribution in [2.45, 2.75) is 25.8 Å². The summed E-state index contributed by atoms with van der Waals surface area (Å²) < 4.78 is 24.0. The van der Waals surface area contributed by atoms with E-state index in [0.717, 1.165) is 12.8 Å². The highest BCUT2D eigenvalue weighted by Crippen LogP contribution is 2.30. The Balaban J connectivity index is 1.90. The van der Waals surface area contributed by atoms with Crippen LogP contribution in [0.4, 0.5) is 14.5 Å². The number of benzene rings is 1. The number of nitrogens with one attached hydrogen (secondary N) is 2. The number of carbonyl (C=O) groups is 2. The third kappa shape index (κ3) is 4.01. The summed E-state index contributed by atoms with van der Waals surface area (Å²) >= 11 is 0. The van der Waals surface area contributed by atoms with Gasteiger partial charge in [-0.1, -0.05) is 12.1 Å². The number of anilines is 1. The second-order valence-electron chi connectivity index (χ2n) is 4.48. The highest BCUT2D eigenvalue weighted by Gasteiger charge is 2.29. The average Bonchev–Trinajstić information content (AvgIpc) is 3.20. The summed E-state index contributed by atoms with van der Waals surface area (Å²) in [5.41, 5.74) is 1.27. The fourth-order valence-electron chi connectivity index (χ4n) is 1.62. The number of rotatable bonds is 5. The van der Waals surface area contributed by atoms with E-state index < -0.39 is 12.3 Å². The van der Waals surface area contributed by atoms with Gasteiger partial charge in [0.1, 0.15) is 0 Å². The van der Waals surface area contributed by atoms with Gasteiger partial charge in [-0.3, -0.25) is 9.59 Å².